The quantitative estimate of drug-likeness (QED) is 0.145. The molecule has 1 heterocycles. The first-order chi connectivity index (χ1) is 19.0. The van der Waals surface area contributed by atoms with Crippen LogP contribution in [0, 0.1) is 3.57 Å². The molecule has 1 amide bonds. The van der Waals surface area contributed by atoms with Crippen LogP contribution in [0.25, 0.3) is 16.8 Å². The third-order valence-electron chi connectivity index (χ3n) is 6.25. The van der Waals surface area contributed by atoms with Gasteiger partial charge in [0.15, 0.2) is 16.7 Å². The summed E-state index contributed by atoms with van der Waals surface area (Å²) < 4.78 is 18.0. The minimum atomic E-state index is -0.0691. The average Bonchev–Trinajstić information content (AvgIpc) is 3.25. The first kappa shape index (κ1) is 27.1. The third-order valence-corrected chi connectivity index (χ3v) is 8.06. The molecule has 0 aliphatic carbocycles. The molecule has 0 saturated carbocycles. The summed E-state index contributed by atoms with van der Waals surface area (Å²) in [5, 5.41) is 3.02. The summed E-state index contributed by atoms with van der Waals surface area (Å²) in [6.45, 7) is 2.89. The molecule has 0 bridgehead atoms. The van der Waals surface area contributed by atoms with E-state index in [2.05, 4.69) is 52.9 Å². The van der Waals surface area contributed by atoms with E-state index >= 15 is 0 Å². The summed E-state index contributed by atoms with van der Waals surface area (Å²) in [5.41, 5.74) is 2.69. The van der Waals surface area contributed by atoms with Crippen LogP contribution in [0.4, 0.5) is 5.69 Å². The van der Waals surface area contributed by atoms with E-state index in [1.54, 1.807) is 19.1 Å². The Balaban J connectivity index is 1.37. The number of carbonyl (C=O) groups is 1. The summed E-state index contributed by atoms with van der Waals surface area (Å²) in [4.78, 5) is 20.2. The number of hydrogen-bond acceptors (Lipinski definition) is 6. The number of fused-ring (bicyclic) bond motifs is 1. The van der Waals surface area contributed by atoms with Crippen molar-refractivity contribution in [1.82, 2.24) is 4.90 Å². The Bertz CT molecular complexity index is 1580. The molecule has 1 fully saturated rings. The molecular formula is C31H27IN2O4S. The maximum Gasteiger partial charge on any atom is 0.266 e. The number of ether oxygens (including phenoxy) is 3. The van der Waals surface area contributed by atoms with Gasteiger partial charge in [-0.15, -0.1) is 0 Å². The number of halogens is 1. The van der Waals surface area contributed by atoms with Crippen LogP contribution in [0.15, 0.2) is 88.8 Å². The van der Waals surface area contributed by atoms with Crippen LogP contribution in [0.1, 0.15) is 18.1 Å². The Hall–Kier alpha value is -3.50. The lowest BCUT2D eigenvalue weighted by atomic mass is 10.1. The van der Waals surface area contributed by atoms with Gasteiger partial charge in [0.1, 0.15) is 12.4 Å². The van der Waals surface area contributed by atoms with Crippen LogP contribution in [-0.4, -0.2) is 36.7 Å². The van der Waals surface area contributed by atoms with Crippen molar-refractivity contribution in [2.24, 2.45) is 4.99 Å². The SMILES string of the molecule is CCN1C(=O)/C(=C\c2cc(I)c(OCc3ccc4ccccc4c3)c(OC)c2)SC1=Nc1ccc(OC)cc1. The Kier molecular flexibility index (Phi) is 8.42. The number of amidine groups is 1. The van der Waals surface area contributed by atoms with E-state index < -0.39 is 0 Å². The number of hydrogen-bond donors (Lipinski definition) is 0. The van der Waals surface area contributed by atoms with Crippen molar-refractivity contribution in [3.05, 3.63) is 98.5 Å². The highest BCUT2D eigenvalue weighted by atomic mass is 127. The van der Waals surface area contributed by atoms with Gasteiger partial charge in [0.05, 0.1) is 28.4 Å². The molecule has 39 heavy (non-hydrogen) atoms. The van der Waals surface area contributed by atoms with Crippen molar-refractivity contribution in [2.45, 2.75) is 13.5 Å². The fourth-order valence-corrected chi connectivity index (χ4v) is 6.08. The number of nitrogens with zero attached hydrogens (tertiary/aromatic N) is 2. The van der Waals surface area contributed by atoms with E-state index in [9.17, 15) is 4.79 Å². The Morgan fingerprint density at radius 2 is 1.72 bits per heavy atom. The van der Waals surface area contributed by atoms with Gasteiger partial charge in [0, 0.05) is 6.54 Å². The van der Waals surface area contributed by atoms with Gasteiger partial charge < -0.3 is 14.2 Å². The molecule has 8 heteroatoms. The van der Waals surface area contributed by atoms with E-state index in [1.165, 1.54) is 22.5 Å². The third kappa shape index (κ3) is 6.07. The molecule has 6 nitrogen and oxygen atoms in total. The molecule has 0 N–H and O–H groups in total. The molecule has 0 radical (unpaired) electrons. The van der Waals surface area contributed by atoms with Gasteiger partial charge in [-0.3, -0.25) is 9.69 Å². The standard InChI is InChI=1S/C31H27IN2O4S/c1-4-34-30(35)28(39-31(34)33-24-11-13-25(36-2)14-12-24)18-21-16-26(32)29(27(17-21)37-3)38-19-20-9-10-22-7-5-6-8-23(22)15-20/h5-18H,4,19H2,1-3H3/b28-18+,33-31?. The van der Waals surface area contributed by atoms with Gasteiger partial charge in [0.25, 0.3) is 5.91 Å². The highest BCUT2D eigenvalue weighted by molar-refractivity contribution is 14.1. The molecule has 5 rings (SSSR count). The highest BCUT2D eigenvalue weighted by Crippen LogP contribution is 2.38. The fraction of sp³-hybridized carbons (Fsp3) is 0.161. The lowest BCUT2D eigenvalue weighted by molar-refractivity contribution is -0.122. The van der Waals surface area contributed by atoms with E-state index in [0.717, 1.165) is 26.1 Å². The molecular weight excluding hydrogens is 623 g/mol. The number of benzene rings is 4. The minimum absolute atomic E-state index is 0.0691. The number of methoxy groups -OCH3 is 2. The number of carbonyl (C=O) groups excluding carboxylic acids is 1. The van der Waals surface area contributed by atoms with Crippen LogP contribution in [-0.2, 0) is 11.4 Å². The van der Waals surface area contributed by atoms with Gasteiger partial charge in [-0.2, -0.15) is 0 Å². The predicted octanol–water partition coefficient (Wildman–Crippen LogP) is 7.66. The maximum absolute atomic E-state index is 13.2. The molecule has 1 saturated heterocycles. The second kappa shape index (κ2) is 12.1. The lowest BCUT2D eigenvalue weighted by Gasteiger charge is -2.14. The Labute approximate surface area is 245 Å². The summed E-state index contributed by atoms with van der Waals surface area (Å²) in [7, 11) is 3.25. The van der Waals surface area contributed by atoms with Crippen molar-refractivity contribution in [3.63, 3.8) is 0 Å². The molecule has 4 aromatic carbocycles. The lowest BCUT2D eigenvalue weighted by Crippen LogP contribution is -2.28. The summed E-state index contributed by atoms with van der Waals surface area (Å²) >= 11 is 3.61. The van der Waals surface area contributed by atoms with Crippen molar-refractivity contribution in [1.29, 1.82) is 0 Å². The molecule has 1 aliphatic rings. The topological polar surface area (TPSA) is 60.4 Å². The van der Waals surface area contributed by atoms with Crippen LogP contribution >= 0.6 is 34.4 Å². The minimum Gasteiger partial charge on any atom is -0.497 e. The molecule has 0 spiro atoms. The number of rotatable bonds is 8. The number of thioether (sulfide) groups is 1. The van der Waals surface area contributed by atoms with Crippen molar-refractivity contribution in [2.75, 3.05) is 20.8 Å². The van der Waals surface area contributed by atoms with E-state index in [0.29, 0.717) is 34.7 Å². The van der Waals surface area contributed by atoms with Gasteiger partial charge in [-0.25, -0.2) is 4.99 Å². The largest absolute Gasteiger partial charge is 0.497 e. The van der Waals surface area contributed by atoms with Gasteiger partial charge in [0.2, 0.25) is 0 Å². The highest BCUT2D eigenvalue weighted by Gasteiger charge is 2.32. The second-order valence-electron chi connectivity index (χ2n) is 8.76. The van der Waals surface area contributed by atoms with Gasteiger partial charge in [-0.1, -0.05) is 36.4 Å². The van der Waals surface area contributed by atoms with Crippen molar-refractivity contribution >= 4 is 68.0 Å². The Morgan fingerprint density at radius 1 is 0.949 bits per heavy atom. The molecule has 0 unspecified atom stereocenters. The molecule has 4 aromatic rings. The average molecular weight is 651 g/mol. The van der Waals surface area contributed by atoms with Crippen LogP contribution in [0.5, 0.6) is 17.2 Å². The second-order valence-corrected chi connectivity index (χ2v) is 10.9. The monoisotopic (exact) mass is 650 g/mol. The summed E-state index contributed by atoms with van der Waals surface area (Å²) in [5.74, 6) is 1.98. The molecule has 0 atom stereocenters. The Morgan fingerprint density at radius 3 is 2.44 bits per heavy atom. The van der Waals surface area contributed by atoms with Gasteiger partial charge in [-0.05, 0) is 112 Å². The smallest absolute Gasteiger partial charge is 0.266 e. The predicted molar refractivity (Wildman–Crippen MR) is 167 cm³/mol. The summed E-state index contributed by atoms with van der Waals surface area (Å²) in [6.07, 6.45) is 1.88. The maximum atomic E-state index is 13.2. The van der Waals surface area contributed by atoms with E-state index in [4.69, 9.17) is 19.2 Å². The van der Waals surface area contributed by atoms with Crippen molar-refractivity contribution in [3.8, 4) is 17.2 Å². The van der Waals surface area contributed by atoms with Crippen LogP contribution < -0.4 is 14.2 Å². The number of likely N-dealkylation sites (N-methyl/N-ethyl adjacent to an activating group) is 1. The molecule has 198 valence electrons. The number of amides is 1. The summed E-state index contributed by atoms with van der Waals surface area (Å²) in [6, 6.07) is 25.9. The molecule has 0 aromatic heterocycles. The zero-order chi connectivity index (χ0) is 27.4. The zero-order valence-corrected chi connectivity index (χ0v) is 24.8. The van der Waals surface area contributed by atoms with Crippen LogP contribution in [0.2, 0.25) is 0 Å². The first-order valence-corrected chi connectivity index (χ1v) is 14.3. The normalized spacial score (nSPS) is 15.4. The van der Waals surface area contributed by atoms with Crippen molar-refractivity contribution < 1.29 is 19.0 Å². The van der Waals surface area contributed by atoms with Gasteiger partial charge >= 0.3 is 0 Å². The van der Waals surface area contributed by atoms with E-state index in [-0.39, 0.29) is 5.91 Å². The number of aliphatic imine (C=N–C) groups is 1. The fourth-order valence-electron chi connectivity index (χ4n) is 4.24. The molecule has 1 aliphatic heterocycles. The van der Waals surface area contributed by atoms with E-state index in [1.807, 2.05) is 61.5 Å². The van der Waals surface area contributed by atoms with Crippen LogP contribution in [0.3, 0.4) is 0 Å². The first-order valence-electron chi connectivity index (χ1n) is 12.4. The zero-order valence-electron chi connectivity index (χ0n) is 21.8.